The zero-order valence-electron chi connectivity index (χ0n) is 15.8. The number of hydrogen-bond acceptors (Lipinski definition) is 6. The van der Waals surface area contributed by atoms with E-state index in [2.05, 4.69) is 10.3 Å². The third kappa shape index (κ3) is 3.70. The van der Waals surface area contributed by atoms with Gasteiger partial charge in [-0.25, -0.2) is 4.79 Å². The molecule has 0 amide bonds. The lowest BCUT2D eigenvalue weighted by atomic mass is 10.2. The zero-order valence-corrected chi connectivity index (χ0v) is 16.6. The topological polar surface area (TPSA) is 99.9 Å². The fraction of sp³-hybridized carbons (Fsp3) is 0.250. The number of fused-ring (bicyclic) bond motifs is 1. The lowest BCUT2D eigenvalue weighted by Gasteiger charge is -2.00. The summed E-state index contributed by atoms with van der Waals surface area (Å²) in [6, 6.07) is 9.77. The van der Waals surface area contributed by atoms with E-state index in [4.69, 9.17) is 4.74 Å². The number of ether oxygens (including phenoxy) is 1. The molecule has 0 saturated heterocycles. The van der Waals surface area contributed by atoms with Crippen LogP contribution in [0.25, 0.3) is 22.7 Å². The molecule has 8 heteroatoms. The summed E-state index contributed by atoms with van der Waals surface area (Å²) in [7, 11) is 0. The van der Waals surface area contributed by atoms with Gasteiger partial charge in [0.2, 0.25) is 0 Å². The van der Waals surface area contributed by atoms with E-state index in [9.17, 15) is 14.9 Å². The van der Waals surface area contributed by atoms with Gasteiger partial charge in [0.05, 0.1) is 6.61 Å². The van der Waals surface area contributed by atoms with Gasteiger partial charge in [-0.3, -0.25) is 9.36 Å². The Hall–Kier alpha value is -3.31. The Morgan fingerprint density at radius 2 is 2.18 bits per heavy atom. The van der Waals surface area contributed by atoms with E-state index in [1.807, 2.05) is 37.3 Å². The Bertz CT molecular complexity index is 1260. The van der Waals surface area contributed by atoms with Gasteiger partial charge >= 0.3 is 5.97 Å². The second kappa shape index (κ2) is 8.15. The predicted molar refractivity (Wildman–Crippen MR) is 110 cm³/mol. The van der Waals surface area contributed by atoms with Gasteiger partial charge in [0.25, 0.3) is 5.56 Å². The lowest BCUT2D eigenvalue weighted by molar-refractivity contribution is -0.136. The molecule has 3 aromatic rings. The maximum Gasteiger partial charge on any atom is 0.351 e. The van der Waals surface area contributed by atoms with Gasteiger partial charge in [0, 0.05) is 35.0 Å². The summed E-state index contributed by atoms with van der Waals surface area (Å²) in [6.45, 7) is 5.95. The number of thiazole rings is 1. The summed E-state index contributed by atoms with van der Waals surface area (Å²) in [5.41, 5.74) is 2.53. The van der Waals surface area contributed by atoms with Gasteiger partial charge in [-0.15, -0.1) is 11.3 Å². The van der Waals surface area contributed by atoms with E-state index in [1.54, 1.807) is 20.0 Å². The molecule has 0 aliphatic heterocycles. The molecule has 0 unspecified atom stereocenters. The van der Waals surface area contributed by atoms with E-state index in [-0.39, 0.29) is 17.7 Å². The van der Waals surface area contributed by atoms with Gasteiger partial charge in [0.1, 0.15) is 15.3 Å². The summed E-state index contributed by atoms with van der Waals surface area (Å²) in [6.07, 6.45) is 1.60. The summed E-state index contributed by atoms with van der Waals surface area (Å²) >= 11 is 1.09. The highest BCUT2D eigenvalue weighted by atomic mass is 32.1. The summed E-state index contributed by atoms with van der Waals surface area (Å²) in [5.74, 6) is -0.721. The molecule has 2 heterocycles. The van der Waals surface area contributed by atoms with Crippen LogP contribution in [0.3, 0.4) is 0 Å². The number of aromatic nitrogens is 2. The second-order valence-corrected chi connectivity index (χ2v) is 7.10. The minimum Gasteiger partial charge on any atom is -0.462 e. The summed E-state index contributed by atoms with van der Waals surface area (Å²) < 4.78 is 7.05. The number of nitrogens with zero attached hydrogens (tertiary/aromatic N) is 2. The van der Waals surface area contributed by atoms with Gasteiger partial charge in [-0.05, 0) is 45.0 Å². The Kier molecular flexibility index (Phi) is 5.66. The Morgan fingerprint density at radius 3 is 2.86 bits per heavy atom. The van der Waals surface area contributed by atoms with Crippen LogP contribution in [0, 0.1) is 18.3 Å². The third-order valence-electron chi connectivity index (χ3n) is 4.15. The molecule has 7 nitrogen and oxygen atoms in total. The fourth-order valence-electron chi connectivity index (χ4n) is 2.89. The van der Waals surface area contributed by atoms with Crippen LogP contribution >= 0.6 is 11.3 Å². The smallest absolute Gasteiger partial charge is 0.351 e. The van der Waals surface area contributed by atoms with Crippen LogP contribution in [0.4, 0.5) is 5.69 Å². The Balaban J connectivity index is 2.06. The highest BCUT2D eigenvalue weighted by Gasteiger charge is 2.16. The molecular weight excluding hydrogens is 376 g/mol. The Morgan fingerprint density at radius 1 is 1.39 bits per heavy atom. The first kappa shape index (κ1) is 19.5. The molecule has 0 radical (unpaired) electrons. The molecule has 1 aromatic carbocycles. The van der Waals surface area contributed by atoms with E-state index < -0.39 is 5.97 Å². The molecule has 2 aromatic heterocycles. The molecule has 0 saturated carbocycles. The van der Waals surface area contributed by atoms with Crippen LogP contribution in [0.15, 0.2) is 29.1 Å². The maximum absolute atomic E-state index is 12.7. The first-order valence-corrected chi connectivity index (χ1v) is 9.67. The van der Waals surface area contributed by atoms with Crippen molar-refractivity contribution in [2.45, 2.75) is 27.3 Å². The highest BCUT2D eigenvalue weighted by Crippen LogP contribution is 2.19. The lowest BCUT2D eigenvalue weighted by Crippen LogP contribution is -2.32. The minimum atomic E-state index is -0.721. The number of carbonyl (C=O) groups is 1. The normalized spacial score (nSPS) is 12.7. The first-order chi connectivity index (χ1) is 13.5. The van der Waals surface area contributed by atoms with E-state index >= 15 is 0 Å². The SMILES string of the molecule is CCOC(=O)/C(C#N)=c1\s/c(=C/Nc2ccc3[nH]c(C)cc3c2)c(=O)n1CC. The van der Waals surface area contributed by atoms with Crippen molar-refractivity contribution in [1.29, 1.82) is 5.26 Å². The van der Waals surface area contributed by atoms with Crippen LogP contribution in [0.2, 0.25) is 0 Å². The van der Waals surface area contributed by atoms with E-state index in [0.29, 0.717) is 15.7 Å². The van der Waals surface area contributed by atoms with Crippen molar-refractivity contribution >= 4 is 45.7 Å². The van der Waals surface area contributed by atoms with Crippen LogP contribution < -0.4 is 20.1 Å². The molecule has 0 fully saturated rings. The molecule has 28 heavy (non-hydrogen) atoms. The van der Waals surface area contributed by atoms with Crippen LogP contribution in [-0.2, 0) is 16.1 Å². The molecular formula is C20H20N4O3S. The van der Waals surface area contributed by atoms with Crippen molar-refractivity contribution in [3.05, 3.63) is 49.5 Å². The van der Waals surface area contributed by atoms with Crippen molar-refractivity contribution in [3.63, 3.8) is 0 Å². The summed E-state index contributed by atoms with van der Waals surface area (Å²) in [5, 5.41) is 13.6. The number of nitriles is 1. The van der Waals surface area contributed by atoms with Gasteiger partial charge < -0.3 is 15.0 Å². The average Bonchev–Trinajstić information content (AvgIpc) is 3.19. The third-order valence-corrected chi connectivity index (χ3v) is 5.28. The van der Waals surface area contributed by atoms with Crippen molar-refractivity contribution in [2.24, 2.45) is 0 Å². The molecule has 2 N–H and O–H groups in total. The van der Waals surface area contributed by atoms with Crippen LogP contribution in [0.1, 0.15) is 19.5 Å². The quantitative estimate of drug-likeness (QED) is 0.641. The molecule has 0 spiro atoms. The van der Waals surface area contributed by atoms with Crippen molar-refractivity contribution < 1.29 is 9.53 Å². The van der Waals surface area contributed by atoms with Gasteiger partial charge in [-0.2, -0.15) is 5.26 Å². The number of nitrogens with one attached hydrogen (secondary N) is 2. The van der Waals surface area contributed by atoms with Gasteiger partial charge in [-0.1, -0.05) is 0 Å². The maximum atomic E-state index is 12.7. The number of carbonyl (C=O) groups excluding carboxylic acids is 1. The molecule has 3 rings (SSSR count). The average molecular weight is 396 g/mol. The van der Waals surface area contributed by atoms with E-state index in [1.165, 1.54) is 4.57 Å². The van der Waals surface area contributed by atoms with Crippen LogP contribution in [-0.4, -0.2) is 22.1 Å². The fourth-order valence-corrected chi connectivity index (χ4v) is 3.97. The van der Waals surface area contributed by atoms with Crippen molar-refractivity contribution in [2.75, 3.05) is 11.9 Å². The monoisotopic (exact) mass is 396 g/mol. The van der Waals surface area contributed by atoms with E-state index in [0.717, 1.165) is 33.6 Å². The largest absolute Gasteiger partial charge is 0.462 e. The Labute approximate surface area is 165 Å². The second-order valence-electron chi connectivity index (χ2n) is 6.07. The molecule has 144 valence electrons. The van der Waals surface area contributed by atoms with Gasteiger partial charge in [0.15, 0.2) is 5.57 Å². The minimum absolute atomic E-state index is 0.158. The number of aryl methyl sites for hydroxylation is 1. The zero-order chi connectivity index (χ0) is 20.3. The molecule has 0 atom stereocenters. The summed E-state index contributed by atoms with van der Waals surface area (Å²) in [4.78, 5) is 28.0. The molecule has 0 bridgehead atoms. The highest BCUT2D eigenvalue weighted by molar-refractivity contribution is 7.07. The first-order valence-electron chi connectivity index (χ1n) is 8.85. The van der Waals surface area contributed by atoms with Crippen molar-refractivity contribution in [1.82, 2.24) is 9.55 Å². The standard InChI is InChI=1S/C20H20N4O3S/c1-4-24-18(25)17(28-19(24)15(10-21)20(26)27-5-2)11-22-14-6-7-16-13(9-14)8-12(3)23-16/h6-9,11,22-23H,4-5H2,1-3H3/b17-11+,19-15-. The number of anilines is 1. The number of H-pyrrole nitrogens is 1. The van der Waals surface area contributed by atoms with Crippen LogP contribution in [0.5, 0.6) is 0 Å². The molecule has 0 aliphatic carbocycles. The molecule has 0 aliphatic rings. The number of aromatic amines is 1. The number of hydrogen-bond donors (Lipinski definition) is 2. The van der Waals surface area contributed by atoms with Crippen molar-refractivity contribution in [3.8, 4) is 6.07 Å². The number of benzene rings is 1. The number of esters is 1. The number of rotatable bonds is 5. The predicted octanol–water partition coefficient (Wildman–Crippen LogP) is 1.81.